The Morgan fingerprint density at radius 3 is 2.41 bits per heavy atom. The summed E-state index contributed by atoms with van der Waals surface area (Å²) >= 11 is 6.16. The van der Waals surface area contributed by atoms with Crippen molar-refractivity contribution in [2.45, 2.75) is 24.8 Å². The normalized spacial score (nSPS) is 13.0. The minimum Gasteiger partial charge on any atom is -0.452 e. The molecule has 1 N–H and O–H groups in total. The zero-order valence-electron chi connectivity index (χ0n) is 22.3. The maximum Gasteiger partial charge on any atom is 0.338 e. The van der Waals surface area contributed by atoms with Crippen LogP contribution in [-0.2, 0) is 39.6 Å². The van der Waals surface area contributed by atoms with Crippen molar-refractivity contribution < 1.29 is 22.7 Å². The van der Waals surface area contributed by atoms with Gasteiger partial charge in [-0.25, -0.2) is 17.9 Å². The van der Waals surface area contributed by atoms with Gasteiger partial charge in [-0.3, -0.25) is 19.0 Å². The third-order valence-corrected chi connectivity index (χ3v) is 8.57. The van der Waals surface area contributed by atoms with Gasteiger partial charge in [0.15, 0.2) is 6.61 Å². The van der Waals surface area contributed by atoms with Crippen molar-refractivity contribution in [3.8, 4) is 5.69 Å². The molecule has 0 radical (unpaired) electrons. The van der Waals surface area contributed by atoms with Gasteiger partial charge in [0.2, 0.25) is 0 Å². The SMILES string of the molecule is Cc1c(NS(=O)(=O)c2cc(Cl)cc(C(=O)OCC(=O)N3CCc4ccccc4C3)c2)c(=O)n(-c2ccccc2)n1C. The Kier molecular flexibility index (Phi) is 7.74. The minimum absolute atomic E-state index is 0.0368. The number of rotatable bonds is 7. The molecule has 0 saturated carbocycles. The van der Waals surface area contributed by atoms with Gasteiger partial charge in [0.05, 0.1) is 21.8 Å². The number of ether oxygens (including phenoxy) is 1. The van der Waals surface area contributed by atoms with Crippen LogP contribution in [0.1, 0.15) is 27.2 Å². The first kappa shape index (κ1) is 28.2. The lowest BCUT2D eigenvalue weighted by Crippen LogP contribution is -2.38. The summed E-state index contributed by atoms with van der Waals surface area (Å²) in [6.45, 7) is 2.03. The summed E-state index contributed by atoms with van der Waals surface area (Å²) in [5.41, 5.74) is 2.29. The van der Waals surface area contributed by atoms with E-state index in [2.05, 4.69) is 4.72 Å². The number of carbonyl (C=O) groups excluding carboxylic acids is 2. The van der Waals surface area contributed by atoms with E-state index >= 15 is 0 Å². The monoisotopic (exact) mass is 594 g/mol. The van der Waals surface area contributed by atoms with E-state index in [1.807, 2.05) is 24.3 Å². The van der Waals surface area contributed by atoms with Crippen molar-refractivity contribution in [3.05, 3.63) is 111 Å². The van der Waals surface area contributed by atoms with Gasteiger partial charge in [-0.2, -0.15) is 0 Å². The first-order valence-corrected chi connectivity index (χ1v) is 14.6. The van der Waals surface area contributed by atoms with Crippen molar-refractivity contribution in [1.29, 1.82) is 0 Å². The Morgan fingerprint density at radius 1 is 1.00 bits per heavy atom. The maximum absolute atomic E-state index is 13.3. The van der Waals surface area contributed by atoms with Gasteiger partial charge in [0, 0.05) is 25.2 Å². The number of anilines is 1. The molecule has 212 valence electrons. The lowest BCUT2D eigenvalue weighted by atomic mass is 10.00. The second-order valence-electron chi connectivity index (χ2n) is 9.63. The average molecular weight is 595 g/mol. The van der Waals surface area contributed by atoms with E-state index in [1.165, 1.54) is 21.0 Å². The van der Waals surface area contributed by atoms with E-state index in [0.29, 0.717) is 30.9 Å². The first-order chi connectivity index (χ1) is 19.5. The van der Waals surface area contributed by atoms with Crippen LogP contribution in [0.15, 0.2) is 82.5 Å². The summed E-state index contributed by atoms with van der Waals surface area (Å²) in [6, 6.07) is 20.1. The quantitative estimate of drug-likeness (QED) is 0.326. The van der Waals surface area contributed by atoms with Crippen molar-refractivity contribution in [1.82, 2.24) is 14.3 Å². The minimum atomic E-state index is -4.34. The summed E-state index contributed by atoms with van der Waals surface area (Å²) in [5, 5.41) is -0.0368. The van der Waals surface area contributed by atoms with Crippen LogP contribution < -0.4 is 10.3 Å². The molecule has 10 nitrogen and oxygen atoms in total. The van der Waals surface area contributed by atoms with E-state index in [4.69, 9.17) is 16.3 Å². The van der Waals surface area contributed by atoms with Crippen LogP contribution in [0.25, 0.3) is 5.69 Å². The number of hydrogen-bond acceptors (Lipinski definition) is 6. The maximum atomic E-state index is 13.3. The molecule has 1 aromatic heterocycles. The number of para-hydroxylation sites is 1. The number of nitrogens with one attached hydrogen (secondary N) is 1. The smallest absolute Gasteiger partial charge is 0.338 e. The summed E-state index contributed by atoms with van der Waals surface area (Å²) < 4.78 is 37.1. The van der Waals surface area contributed by atoms with Crippen molar-refractivity contribution in [2.75, 3.05) is 17.9 Å². The third kappa shape index (κ3) is 5.77. The van der Waals surface area contributed by atoms with Gasteiger partial charge in [0.1, 0.15) is 5.69 Å². The molecule has 0 bridgehead atoms. The van der Waals surface area contributed by atoms with Crippen LogP contribution in [-0.4, -0.2) is 47.7 Å². The molecule has 1 amide bonds. The molecule has 4 aromatic rings. The fraction of sp³-hybridized carbons (Fsp3) is 0.207. The Hall–Kier alpha value is -4.35. The van der Waals surface area contributed by atoms with Crippen LogP contribution in [0.5, 0.6) is 0 Å². The molecule has 0 saturated heterocycles. The number of aromatic nitrogens is 2. The molecule has 1 aliphatic rings. The topological polar surface area (TPSA) is 120 Å². The number of fused-ring (bicyclic) bond motifs is 1. The lowest BCUT2D eigenvalue weighted by Gasteiger charge is -2.28. The summed E-state index contributed by atoms with van der Waals surface area (Å²) in [5.74, 6) is -1.27. The van der Waals surface area contributed by atoms with E-state index in [-0.39, 0.29) is 27.1 Å². The highest BCUT2D eigenvalue weighted by molar-refractivity contribution is 7.92. The highest BCUT2D eigenvalue weighted by Gasteiger charge is 2.25. The van der Waals surface area contributed by atoms with Crippen LogP contribution in [0.4, 0.5) is 5.69 Å². The highest BCUT2D eigenvalue weighted by atomic mass is 35.5. The predicted molar refractivity (Wildman–Crippen MR) is 154 cm³/mol. The predicted octanol–water partition coefficient (Wildman–Crippen LogP) is 3.68. The number of benzene rings is 3. The number of hydrogen-bond donors (Lipinski definition) is 1. The lowest BCUT2D eigenvalue weighted by molar-refractivity contribution is -0.135. The second kappa shape index (κ2) is 11.3. The number of carbonyl (C=O) groups is 2. The van der Waals surface area contributed by atoms with E-state index in [1.54, 1.807) is 49.2 Å². The number of halogens is 1. The standard InChI is InChI=1S/C29H27ClN4O6S/c1-19-27(28(36)34(32(19)2)24-10-4-3-5-11-24)31-41(38,39)25-15-22(14-23(30)16-25)29(37)40-18-26(35)33-13-12-20-8-6-7-9-21(20)17-33/h3-11,14-16,31H,12-13,17-18H2,1-2H3. The zero-order chi connectivity index (χ0) is 29.3. The van der Waals surface area contributed by atoms with E-state index in [9.17, 15) is 22.8 Å². The fourth-order valence-corrected chi connectivity index (χ4v) is 6.21. The first-order valence-electron chi connectivity index (χ1n) is 12.7. The largest absolute Gasteiger partial charge is 0.452 e. The molecule has 41 heavy (non-hydrogen) atoms. The molecule has 0 spiro atoms. The summed E-state index contributed by atoms with van der Waals surface area (Å²) in [6.07, 6.45) is 0.704. The summed E-state index contributed by atoms with van der Waals surface area (Å²) in [4.78, 5) is 40.0. The average Bonchev–Trinajstić information content (AvgIpc) is 3.17. The van der Waals surface area contributed by atoms with E-state index < -0.39 is 28.2 Å². The van der Waals surface area contributed by atoms with Crippen molar-refractivity contribution in [2.24, 2.45) is 7.05 Å². The molecule has 5 rings (SSSR count). The van der Waals surface area contributed by atoms with E-state index in [0.717, 1.165) is 17.7 Å². The number of sulfonamides is 1. The Balaban J connectivity index is 1.32. The molecule has 2 heterocycles. The molecule has 0 fully saturated rings. The highest BCUT2D eigenvalue weighted by Crippen LogP contribution is 2.24. The Morgan fingerprint density at radius 2 is 1.68 bits per heavy atom. The molecule has 12 heteroatoms. The Bertz CT molecular complexity index is 1810. The van der Waals surface area contributed by atoms with Crippen LogP contribution in [0.2, 0.25) is 5.02 Å². The van der Waals surface area contributed by atoms with Crippen LogP contribution >= 0.6 is 11.6 Å². The molecule has 0 unspecified atom stereocenters. The van der Waals surface area contributed by atoms with Crippen molar-refractivity contribution >= 4 is 39.2 Å². The van der Waals surface area contributed by atoms with Crippen molar-refractivity contribution in [3.63, 3.8) is 0 Å². The van der Waals surface area contributed by atoms with Gasteiger partial charge in [0.25, 0.3) is 21.5 Å². The molecular weight excluding hydrogens is 568 g/mol. The molecule has 0 aliphatic carbocycles. The van der Waals surface area contributed by atoms with Gasteiger partial charge >= 0.3 is 5.97 Å². The number of esters is 1. The van der Waals surface area contributed by atoms with Gasteiger partial charge in [-0.1, -0.05) is 54.1 Å². The molecule has 0 atom stereocenters. The molecule has 1 aliphatic heterocycles. The second-order valence-corrected chi connectivity index (χ2v) is 11.7. The number of nitrogens with zero attached hydrogens (tertiary/aromatic N) is 3. The third-order valence-electron chi connectivity index (χ3n) is 7.02. The number of amides is 1. The fourth-order valence-electron chi connectivity index (χ4n) is 4.73. The Labute approximate surface area is 241 Å². The van der Waals surface area contributed by atoms with Gasteiger partial charge in [-0.15, -0.1) is 0 Å². The zero-order valence-corrected chi connectivity index (χ0v) is 23.9. The van der Waals surface area contributed by atoms with Gasteiger partial charge < -0.3 is 9.64 Å². The summed E-state index contributed by atoms with van der Waals surface area (Å²) in [7, 11) is -2.71. The molecule has 3 aromatic carbocycles. The van der Waals surface area contributed by atoms with Crippen LogP contribution in [0, 0.1) is 6.92 Å². The van der Waals surface area contributed by atoms with Crippen LogP contribution in [0.3, 0.4) is 0 Å². The molecular formula is C29H27ClN4O6S. The van der Waals surface area contributed by atoms with Gasteiger partial charge in [-0.05, 0) is 54.8 Å².